The van der Waals surface area contributed by atoms with Crippen molar-refractivity contribution in [1.82, 2.24) is 10.4 Å². The van der Waals surface area contributed by atoms with Crippen LogP contribution in [0.25, 0.3) is 0 Å². The minimum Gasteiger partial charge on any atom is -0.497 e. The molecule has 3 rings (SSSR count). The maximum absolute atomic E-state index is 12.5. The Morgan fingerprint density at radius 2 is 2.22 bits per heavy atom. The Balaban J connectivity index is 1.82. The number of carbonyl (C=O) groups excluding carboxylic acids is 2. The van der Waals surface area contributed by atoms with E-state index in [-0.39, 0.29) is 11.0 Å². The van der Waals surface area contributed by atoms with Crippen LogP contribution in [0.5, 0.6) is 5.75 Å². The van der Waals surface area contributed by atoms with Gasteiger partial charge in [0.1, 0.15) is 11.7 Å². The summed E-state index contributed by atoms with van der Waals surface area (Å²) in [6, 6.07) is 6.61. The number of hydrazine groups is 1. The van der Waals surface area contributed by atoms with Crippen molar-refractivity contribution in [1.29, 1.82) is 0 Å². The maximum atomic E-state index is 12.5. The van der Waals surface area contributed by atoms with Crippen LogP contribution in [0.2, 0.25) is 0 Å². The molecule has 7 heteroatoms. The molecule has 1 unspecified atom stereocenters. The monoisotopic (exact) mass is 327 g/mol. The molecule has 0 bridgehead atoms. The van der Waals surface area contributed by atoms with Gasteiger partial charge in [0.2, 0.25) is 5.11 Å². The fourth-order valence-electron chi connectivity index (χ4n) is 2.27. The summed E-state index contributed by atoms with van der Waals surface area (Å²) in [5.74, 6) is -0.784. The van der Waals surface area contributed by atoms with Crippen molar-refractivity contribution < 1.29 is 14.3 Å². The highest BCUT2D eigenvalue weighted by molar-refractivity contribution is 7.80. The van der Waals surface area contributed by atoms with Crippen molar-refractivity contribution in [2.75, 3.05) is 7.11 Å². The van der Waals surface area contributed by atoms with Gasteiger partial charge >= 0.3 is 0 Å². The van der Waals surface area contributed by atoms with E-state index in [0.717, 1.165) is 5.01 Å². The molecule has 1 aliphatic carbocycles. The molecule has 0 saturated carbocycles. The molecule has 1 atom stereocenters. The van der Waals surface area contributed by atoms with Crippen molar-refractivity contribution in [3.05, 3.63) is 54.1 Å². The number of aliphatic imine (C=N–C) groups is 1. The van der Waals surface area contributed by atoms with E-state index in [1.54, 1.807) is 48.6 Å². The average Bonchev–Trinajstić information content (AvgIpc) is 2.58. The molecule has 0 spiro atoms. The van der Waals surface area contributed by atoms with Crippen LogP contribution < -0.4 is 10.2 Å². The van der Waals surface area contributed by atoms with E-state index in [4.69, 9.17) is 17.0 Å². The number of rotatable bonds is 3. The summed E-state index contributed by atoms with van der Waals surface area (Å²) in [5, 5.41) is 1.02. The number of fused-ring (bicyclic) bond motifs is 1. The summed E-state index contributed by atoms with van der Waals surface area (Å²) in [6.45, 7) is 0. The predicted octanol–water partition coefficient (Wildman–Crippen LogP) is 1.65. The Morgan fingerprint density at radius 3 is 3.00 bits per heavy atom. The van der Waals surface area contributed by atoms with E-state index < -0.39 is 11.8 Å². The zero-order valence-corrected chi connectivity index (χ0v) is 13.0. The second kappa shape index (κ2) is 6.13. The third-order valence-corrected chi connectivity index (χ3v) is 3.72. The molecule has 6 nitrogen and oxygen atoms in total. The second-order valence-electron chi connectivity index (χ2n) is 4.89. The lowest BCUT2D eigenvalue weighted by Gasteiger charge is -2.30. The number of hydrogen-bond donors (Lipinski definition) is 1. The number of methoxy groups -OCH3 is 1. The Kier molecular flexibility index (Phi) is 4.03. The van der Waals surface area contributed by atoms with Crippen LogP contribution in [-0.4, -0.2) is 34.8 Å². The van der Waals surface area contributed by atoms with Gasteiger partial charge in [-0.05, 0) is 36.5 Å². The van der Waals surface area contributed by atoms with Gasteiger partial charge in [0.05, 0.1) is 12.8 Å². The topological polar surface area (TPSA) is 71.0 Å². The van der Waals surface area contributed by atoms with E-state index in [0.29, 0.717) is 17.0 Å². The zero-order chi connectivity index (χ0) is 16.4. The van der Waals surface area contributed by atoms with Crippen molar-refractivity contribution in [2.45, 2.75) is 0 Å². The Hall–Kier alpha value is -2.80. The molecule has 0 saturated heterocycles. The molecule has 1 aromatic carbocycles. The number of amides is 2. The van der Waals surface area contributed by atoms with Crippen LogP contribution in [0.4, 0.5) is 0 Å². The van der Waals surface area contributed by atoms with Crippen LogP contribution in [0.15, 0.2) is 53.6 Å². The van der Waals surface area contributed by atoms with Gasteiger partial charge in [0.25, 0.3) is 11.8 Å². The SMILES string of the molecule is COc1cccc(C(=O)NN2C(=O)C3C=CC=CC3=NC2=S)c1. The molecular formula is C16H13N3O3S. The quantitative estimate of drug-likeness (QED) is 0.857. The Bertz CT molecular complexity index is 783. The number of nitrogens with one attached hydrogen (secondary N) is 1. The third-order valence-electron chi connectivity index (χ3n) is 3.45. The lowest BCUT2D eigenvalue weighted by Crippen LogP contribution is -2.54. The average molecular weight is 327 g/mol. The molecule has 0 aromatic heterocycles. The first kappa shape index (κ1) is 15.1. The zero-order valence-electron chi connectivity index (χ0n) is 12.2. The molecular weight excluding hydrogens is 314 g/mol. The first-order chi connectivity index (χ1) is 11.1. The van der Waals surface area contributed by atoms with Crippen LogP contribution in [0.1, 0.15) is 10.4 Å². The molecule has 1 heterocycles. The van der Waals surface area contributed by atoms with Gasteiger partial charge in [-0.2, -0.15) is 5.01 Å². The lowest BCUT2D eigenvalue weighted by molar-refractivity contribution is -0.130. The van der Waals surface area contributed by atoms with Gasteiger partial charge in [0, 0.05) is 5.56 Å². The molecule has 2 aliphatic rings. The molecule has 1 aliphatic heterocycles. The summed E-state index contributed by atoms with van der Waals surface area (Å²) in [6.07, 6.45) is 7.00. The van der Waals surface area contributed by atoms with Crippen molar-refractivity contribution in [2.24, 2.45) is 10.9 Å². The molecule has 23 heavy (non-hydrogen) atoms. The summed E-state index contributed by atoms with van der Waals surface area (Å²) < 4.78 is 5.08. The summed E-state index contributed by atoms with van der Waals surface area (Å²) >= 11 is 5.11. The van der Waals surface area contributed by atoms with Gasteiger partial charge in [-0.15, -0.1) is 0 Å². The number of benzene rings is 1. The number of thiocarbonyl (C=S) groups is 1. The Labute approximate surface area is 138 Å². The second-order valence-corrected chi connectivity index (χ2v) is 5.25. The largest absolute Gasteiger partial charge is 0.497 e. The van der Waals surface area contributed by atoms with Crippen LogP contribution in [0.3, 0.4) is 0 Å². The summed E-state index contributed by atoms with van der Waals surface area (Å²) in [7, 11) is 1.51. The molecule has 2 amide bonds. The van der Waals surface area contributed by atoms with Crippen LogP contribution in [0, 0.1) is 5.92 Å². The molecule has 0 radical (unpaired) electrons. The number of nitrogens with zero attached hydrogens (tertiary/aromatic N) is 2. The fraction of sp³-hybridized carbons (Fsp3) is 0.125. The first-order valence-corrected chi connectivity index (χ1v) is 7.27. The van der Waals surface area contributed by atoms with Gasteiger partial charge in [-0.25, -0.2) is 4.99 Å². The smallest absolute Gasteiger partial charge is 0.270 e. The highest BCUT2D eigenvalue weighted by Crippen LogP contribution is 2.19. The van der Waals surface area contributed by atoms with Gasteiger partial charge in [-0.3, -0.25) is 15.0 Å². The number of ether oxygens (including phenoxy) is 1. The van der Waals surface area contributed by atoms with Gasteiger partial charge in [0.15, 0.2) is 0 Å². The fourth-order valence-corrected chi connectivity index (χ4v) is 2.52. The van der Waals surface area contributed by atoms with E-state index in [2.05, 4.69) is 10.4 Å². The van der Waals surface area contributed by atoms with Crippen molar-refractivity contribution in [3.8, 4) is 5.75 Å². The molecule has 1 aromatic rings. The normalized spacial score (nSPS) is 19.3. The number of hydrogen-bond acceptors (Lipinski definition) is 4. The highest BCUT2D eigenvalue weighted by atomic mass is 32.1. The highest BCUT2D eigenvalue weighted by Gasteiger charge is 2.35. The predicted molar refractivity (Wildman–Crippen MR) is 89.1 cm³/mol. The standard InChI is InChI=1S/C16H13N3O3S/c1-22-11-6-4-5-10(9-11)14(20)18-19-15(21)12-7-2-3-8-13(12)17-16(19)23/h2-9,12H,1H3,(H,18,20). The van der Waals surface area contributed by atoms with Crippen molar-refractivity contribution >= 4 is 34.9 Å². The molecule has 0 fully saturated rings. The van der Waals surface area contributed by atoms with E-state index in [1.165, 1.54) is 7.11 Å². The lowest BCUT2D eigenvalue weighted by atomic mass is 9.96. The van der Waals surface area contributed by atoms with Crippen molar-refractivity contribution in [3.63, 3.8) is 0 Å². The minimum absolute atomic E-state index is 0.0115. The van der Waals surface area contributed by atoms with Gasteiger partial charge < -0.3 is 4.74 Å². The first-order valence-electron chi connectivity index (χ1n) is 6.86. The van der Waals surface area contributed by atoms with E-state index in [9.17, 15) is 9.59 Å². The Morgan fingerprint density at radius 1 is 1.39 bits per heavy atom. The van der Waals surface area contributed by atoms with E-state index in [1.807, 2.05) is 0 Å². The number of carbonyl (C=O) groups is 2. The summed E-state index contributed by atoms with van der Waals surface area (Å²) in [4.78, 5) is 29.0. The third kappa shape index (κ3) is 2.91. The van der Waals surface area contributed by atoms with Crippen LogP contribution >= 0.6 is 12.2 Å². The van der Waals surface area contributed by atoms with Gasteiger partial charge in [-0.1, -0.05) is 24.3 Å². The number of allylic oxidation sites excluding steroid dienone is 3. The molecule has 1 N–H and O–H groups in total. The van der Waals surface area contributed by atoms with E-state index >= 15 is 0 Å². The minimum atomic E-state index is -0.530. The van der Waals surface area contributed by atoms with Crippen LogP contribution in [-0.2, 0) is 4.79 Å². The maximum Gasteiger partial charge on any atom is 0.270 e. The molecule has 116 valence electrons. The summed E-state index contributed by atoms with van der Waals surface area (Å²) in [5.41, 5.74) is 3.44.